The number of ether oxygens (including phenoxy) is 1. The largest absolute Gasteiger partial charge is 0.493 e. The van der Waals surface area contributed by atoms with Gasteiger partial charge in [0.2, 0.25) is 17.6 Å². The van der Waals surface area contributed by atoms with Crippen molar-refractivity contribution in [2.75, 3.05) is 44.7 Å². The number of hydrogen-bond donors (Lipinski definition) is 2. The monoisotopic (exact) mass is 384 g/mol. The van der Waals surface area contributed by atoms with Crippen LogP contribution in [0.5, 0.6) is 5.75 Å². The van der Waals surface area contributed by atoms with Crippen LogP contribution in [-0.2, 0) is 9.59 Å². The molecule has 0 unspecified atom stereocenters. The SMILES string of the molecule is COc1cc(N2CCN(C(=O)CCNC(=O)NC(C)=O)CC2)cc(F)c1F. The number of rotatable bonds is 5. The highest BCUT2D eigenvalue weighted by molar-refractivity contribution is 5.93. The van der Waals surface area contributed by atoms with Crippen molar-refractivity contribution in [3.05, 3.63) is 23.8 Å². The van der Waals surface area contributed by atoms with Crippen LogP contribution in [0.3, 0.4) is 0 Å². The standard InChI is InChI=1S/C17H22F2N4O4/c1-11(24)21-17(26)20-4-3-15(25)23-7-5-22(6-8-23)12-9-13(18)16(19)14(10-12)27-2/h9-10H,3-8H2,1-2H3,(H2,20,21,24,26). The van der Waals surface area contributed by atoms with Gasteiger partial charge in [-0.15, -0.1) is 0 Å². The highest BCUT2D eigenvalue weighted by Gasteiger charge is 2.23. The number of methoxy groups -OCH3 is 1. The number of imide groups is 1. The van der Waals surface area contributed by atoms with Crippen molar-refractivity contribution < 1.29 is 27.9 Å². The molecule has 0 atom stereocenters. The van der Waals surface area contributed by atoms with E-state index >= 15 is 0 Å². The maximum atomic E-state index is 13.7. The molecule has 1 fully saturated rings. The summed E-state index contributed by atoms with van der Waals surface area (Å²) in [6, 6.07) is 1.88. The lowest BCUT2D eigenvalue weighted by Crippen LogP contribution is -2.49. The average Bonchev–Trinajstić information content (AvgIpc) is 2.63. The second-order valence-corrected chi connectivity index (χ2v) is 6.00. The van der Waals surface area contributed by atoms with Gasteiger partial charge in [0.05, 0.1) is 7.11 Å². The molecule has 0 spiro atoms. The Morgan fingerprint density at radius 1 is 1.15 bits per heavy atom. The summed E-state index contributed by atoms with van der Waals surface area (Å²) in [5, 5.41) is 4.47. The van der Waals surface area contributed by atoms with E-state index in [9.17, 15) is 23.2 Å². The molecule has 27 heavy (non-hydrogen) atoms. The van der Waals surface area contributed by atoms with Gasteiger partial charge in [0, 0.05) is 63.9 Å². The van der Waals surface area contributed by atoms with Crippen molar-refractivity contribution in [1.82, 2.24) is 15.5 Å². The molecule has 0 aliphatic carbocycles. The summed E-state index contributed by atoms with van der Waals surface area (Å²) in [5.41, 5.74) is 0.486. The van der Waals surface area contributed by atoms with Crippen LogP contribution < -0.4 is 20.3 Å². The van der Waals surface area contributed by atoms with E-state index in [2.05, 4.69) is 5.32 Å². The number of hydrogen-bond acceptors (Lipinski definition) is 5. The van der Waals surface area contributed by atoms with Gasteiger partial charge in [-0.25, -0.2) is 9.18 Å². The number of halogens is 2. The van der Waals surface area contributed by atoms with Gasteiger partial charge >= 0.3 is 6.03 Å². The highest BCUT2D eigenvalue weighted by Crippen LogP contribution is 2.28. The number of nitrogens with one attached hydrogen (secondary N) is 2. The summed E-state index contributed by atoms with van der Waals surface area (Å²) in [6.45, 7) is 3.07. The molecule has 0 bridgehead atoms. The van der Waals surface area contributed by atoms with E-state index < -0.39 is 23.6 Å². The Balaban J connectivity index is 1.83. The summed E-state index contributed by atoms with van der Waals surface area (Å²) in [4.78, 5) is 37.7. The second-order valence-electron chi connectivity index (χ2n) is 6.00. The van der Waals surface area contributed by atoms with E-state index in [1.165, 1.54) is 20.1 Å². The molecule has 1 aliphatic rings. The molecule has 148 valence electrons. The zero-order valence-electron chi connectivity index (χ0n) is 15.2. The Bertz CT molecular complexity index is 721. The molecule has 4 amide bonds. The lowest BCUT2D eigenvalue weighted by atomic mass is 10.2. The van der Waals surface area contributed by atoms with Gasteiger partial charge < -0.3 is 19.9 Å². The number of piperazine rings is 1. The Morgan fingerprint density at radius 3 is 2.41 bits per heavy atom. The fourth-order valence-electron chi connectivity index (χ4n) is 2.74. The number of carbonyl (C=O) groups is 3. The quantitative estimate of drug-likeness (QED) is 0.786. The van der Waals surface area contributed by atoms with Gasteiger partial charge in [-0.1, -0.05) is 0 Å². The summed E-state index contributed by atoms with van der Waals surface area (Å²) < 4.78 is 32.0. The topological polar surface area (TPSA) is 91.0 Å². The fraction of sp³-hybridized carbons (Fsp3) is 0.471. The molecule has 0 saturated carbocycles. The van der Waals surface area contributed by atoms with Crippen LogP contribution in [0.4, 0.5) is 19.3 Å². The summed E-state index contributed by atoms with van der Waals surface area (Å²) in [6.07, 6.45) is 0.102. The van der Waals surface area contributed by atoms with Gasteiger partial charge in [0.15, 0.2) is 11.6 Å². The molecule has 1 aromatic rings. The summed E-state index contributed by atoms with van der Waals surface area (Å²) in [5.74, 6) is -2.81. The summed E-state index contributed by atoms with van der Waals surface area (Å²) >= 11 is 0. The van der Waals surface area contributed by atoms with Crippen molar-refractivity contribution in [1.29, 1.82) is 0 Å². The van der Waals surface area contributed by atoms with Crippen molar-refractivity contribution in [3.8, 4) is 5.75 Å². The maximum Gasteiger partial charge on any atom is 0.321 e. The lowest BCUT2D eigenvalue weighted by molar-refractivity contribution is -0.131. The molecular formula is C17H22F2N4O4. The predicted octanol–water partition coefficient (Wildman–Crippen LogP) is 0.858. The third-order valence-electron chi connectivity index (χ3n) is 4.11. The first-order valence-corrected chi connectivity index (χ1v) is 8.43. The molecule has 2 rings (SSSR count). The predicted molar refractivity (Wildman–Crippen MR) is 93.5 cm³/mol. The van der Waals surface area contributed by atoms with Crippen LogP contribution in [0.15, 0.2) is 12.1 Å². The molecule has 8 nitrogen and oxygen atoms in total. The van der Waals surface area contributed by atoms with Gasteiger partial charge in [-0.05, 0) is 0 Å². The number of nitrogens with zero attached hydrogens (tertiary/aromatic N) is 2. The zero-order chi connectivity index (χ0) is 20.0. The van der Waals surface area contributed by atoms with Crippen molar-refractivity contribution in [3.63, 3.8) is 0 Å². The van der Waals surface area contributed by atoms with E-state index in [1.54, 1.807) is 4.90 Å². The molecule has 1 saturated heterocycles. The van der Waals surface area contributed by atoms with Crippen LogP contribution in [0.25, 0.3) is 0 Å². The van der Waals surface area contributed by atoms with E-state index in [0.29, 0.717) is 31.9 Å². The summed E-state index contributed by atoms with van der Waals surface area (Å²) in [7, 11) is 1.27. The van der Waals surface area contributed by atoms with E-state index in [-0.39, 0.29) is 24.6 Å². The molecule has 1 heterocycles. The van der Waals surface area contributed by atoms with Crippen LogP contribution in [0, 0.1) is 11.6 Å². The lowest BCUT2D eigenvalue weighted by Gasteiger charge is -2.36. The van der Waals surface area contributed by atoms with Crippen LogP contribution >= 0.6 is 0 Å². The molecule has 2 N–H and O–H groups in total. The number of carbonyl (C=O) groups excluding carboxylic acids is 3. The van der Waals surface area contributed by atoms with Gasteiger partial charge in [-0.3, -0.25) is 14.9 Å². The fourth-order valence-corrected chi connectivity index (χ4v) is 2.74. The Morgan fingerprint density at radius 2 is 1.81 bits per heavy atom. The Hall–Kier alpha value is -2.91. The third-order valence-corrected chi connectivity index (χ3v) is 4.11. The van der Waals surface area contributed by atoms with E-state index in [4.69, 9.17) is 4.74 Å². The number of amides is 4. The van der Waals surface area contributed by atoms with Crippen LogP contribution in [0.2, 0.25) is 0 Å². The Kier molecular flexibility index (Phi) is 6.91. The van der Waals surface area contributed by atoms with Gasteiger partial charge in [0.1, 0.15) is 0 Å². The molecule has 0 radical (unpaired) electrons. The molecule has 1 aromatic carbocycles. The van der Waals surface area contributed by atoms with Crippen molar-refractivity contribution in [2.24, 2.45) is 0 Å². The molecular weight excluding hydrogens is 362 g/mol. The smallest absolute Gasteiger partial charge is 0.321 e. The minimum atomic E-state index is -1.03. The minimum absolute atomic E-state index is 0.102. The maximum absolute atomic E-state index is 13.7. The first-order chi connectivity index (χ1) is 12.8. The first-order valence-electron chi connectivity index (χ1n) is 8.43. The minimum Gasteiger partial charge on any atom is -0.493 e. The van der Waals surface area contributed by atoms with Gasteiger partial charge in [0.25, 0.3) is 0 Å². The van der Waals surface area contributed by atoms with Crippen molar-refractivity contribution >= 4 is 23.5 Å². The van der Waals surface area contributed by atoms with Crippen LogP contribution in [0.1, 0.15) is 13.3 Å². The van der Waals surface area contributed by atoms with E-state index in [1.807, 2.05) is 10.2 Å². The highest BCUT2D eigenvalue weighted by atomic mass is 19.2. The number of anilines is 1. The molecule has 0 aromatic heterocycles. The van der Waals surface area contributed by atoms with Crippen LogP contribution in [-0.4, -0.2) is 62.6 Å². The molecule has 10 heteroatoms. The zero-order valence-corrected chi connectivity index (χ0v) is 15.2. The normalized spacial score (nSPS) is 13.9. The Labute approximate surface area is 155 Å². The molecule has 1 aliphatic heterocycles. The first kappa shape index (κ1) is 20.4. The second kappa shape index (κ2) is 9.15. The van der Waals surface area contributed by atoms with E-state index in [0.717, 1.165) is 6.07 Å². The number of urea groups is 1. The third kappa shape index (κ3) is 5.53. The van der Waals surface area contributed by atoms with Gasteiger partial charge in [-0.2, -0.15) is 4.39 Å². The van der Waals surface area contributed by atoms with Crippen molar-refractivity contribution in [2.45, 2.75) is 13.3 Å². The number of benzene rings is 1. The average molecular weight is 384 g/mol.